The van der Waals surface area contributed by atoms with Gasteiger partial charge in [0, 0.05) is 13.7 Å². The zero-order valence-electron chi connectivity index (χ0n) is 11.0. The fourth-order valence-corrected chi connectivity index (χ4v) is 1.51. The summed E-state index contributed by atoms with van der Waals surface area (Å²) in [7, 11) is 1.57. The highest BCUT2D eigenvalue weighted by Crippen LogP contribution is 2.14. The van der Waals surface area contributed by atoms with Gasteiger partial charge in [0.1, 0.15) is 5.60 Å². The Kier molecular flexibility index (Phi) is 7.34. The largest absolute Gasteiger partial charge is 0.369 e. The van der Waals surface area contributed by atoms with Gasteiger partial charge in [0.15, 0.2) is 0 Å². The molecule has 2 unspecified atom stereocenters. The number of carbonyl (C=O) groups is 1. The van der Waals surface area contributed by atoms with Gasteiger partial charge in [-0.15, -0.1) is 0 Å². The number of carbonyl (C=O) groups excluding carboxylic acids is 1. The third-order valence-corrected chi connectivity index (χ3v) is 3.31. The number of ether oxygens (including phenoxy) is 1. The molecule has 0 heterocycles. The van der Waals surface area contributed by atoms with E-state index in [1.165, 1.54) is 0 Å². The maximum Gasteiger partial charge on any atom is 0.251 e. The van der Waals surface area contributed by atoms with E-state index in [9.17, 15) is 4.79 Å². The first-order chi connectivity index (χ1) is 7.53. The summed E-state index contributed by atoms with van der Waals surface area (Å²) in [5, 5.41) is 2.94. The monoisotopic (exact) mass is 230 g/mol. The zero-order chi connectivity index (χ0) is 12.6. The minimum absolute atomic E-state index is 0.0343. The van der Waals surface area contributed by atoms with E-state index in [2.05, 4.69) is 12.2 Å². The smallest absolute Gasteiger partial charge is 0.251 e. The molecule has 0 aliphatic rings. The Labute approximate surface area is 98.9 Å². The highest BCUT2D eigenvalue weighted by atomic mass is 16.5. The van der Waals surface area contributed by atoms with Crippen LogP contribution in [-0.2, 0) is 9.53 Å². The van der Waals surface area contributed by atoms with E-state index < -0.39 is 5.60 Å². The standard InChI is InChI=1S/C12H26N2O2/c1-5-10(7-8-13)9-14-11(15)12(3,6-2)16-4/h10H,5-9,13H2,1-4H3,(H,14,15). The molecule has 0 aliphatic carbocycles. The van der Waals surface area contributed by atoms with Crippen molar-refractivity contribution < 1.29 is 9.53 Å². The molecule has 2 atom stereocenters. The van der Waals surface area contributed by atoms with Crippen molar-refractivity contribution in [2.45, 2.75) is 45.6 Å². The van der Waals surface area contributed by atoms with Crippen LogP contribution in [0.4, 0.5) is 0 Å². The molecule has 0 radical (unpaired) electrons. The van der Waals surface area contributed by atoms with Crippen molar-refractivity contribution in [1.82, 2.24) is 5.32 Å². The lowest BCUT2D eigenvalue weighted by molar-refractivity contribution is -0.142. The van der Waals surface area contributed by atoms with Crippen molar-refractivity contribution in [3.63, 3.8) is 0 Å². The SMILES string of the molecule is CCC(CCN)CNC(=O)C(C)(CC)OC. The second kappa shape index (κ2) is 7.63. The van der Waals surface area contributed by atoms with Crippen LogP contribution in [0.25, 0.3) is 0 Å². The van der Waals surface area contributed by atoms with Gasteiger partial charge in [0.25, 0.3) is 5.91 Å². The van der Waals surface area contributed by atoms with Crippen molar-refractivity contribution in [3.05, 3.63) is 0 Å². The quantitative estimate of drug-likeness (QED) is 0.660. The molecule has 4 nitrogen and oxygen atoms in total. The van der Waals surface area contributed by atoms with Gasteiger partial charge in [-0.25, -0.2) is 0 Å². The Balaban J connectivity index is 4.13. The maximum absolute atomic E-state index is 11.9. The summed E-state index contributed by atoms with van der Waals surface area (Å²) in [6.07, 6.45) is 2.66. The Bertz CT molecular complexity index is 203. The van der Waals surface area contributed by atoms with E-state index in [1.807, 2.05) is 13.8 Å². The Morgan fingerprint density at radius 3 is 2.50 bits per heavy atom. The lowest BCUT2D eigenvalue weighted by Crippen LogP contribution is -2.47. The van der Waals surface area contributed by atoms with Crippen LogP contribution in [0.15, 0.2) is 0 Å². The molecule has 0 bridgehead atoms. The van der Waals surface area contributed by atoms with Crippen LogP contribution in [0.3, 0.4) is 0 Å². The second-order valence-corrected chi connectivity index (χ2v) is 4.35. The molecule has 0 aliphatic heterocycles. The van der Waals surface area contributed by atoms with Gasteiger partial charge in [-0.1, -0.05) is 20.3 Å². The number of hydrogen-bond donors (Lipinski definition) is 2. The topological polar surface area (TPSA) is 64.3 Å². The van der Waals surface area contributed by atoms with Crippen molar-refractivity contribution in [3.8, 4) is 0 Å². The molecule has 0 rings (SSSR count). The predicted octanol–water partition coefficient (Wildman–Crippen LogP) is 1.29. The molecule has 0 saturated carbocycles. The average Bonchev–Trinajstić information content (AvgIpc) is 2.32. The van der Waals surface area contributed by atoms with Crippen LogP contribution >= 0.6 is 0 Å². The third kappa shape index (κ3) is 4.49. The van der Waals surface area contributed by atoms with Crippen LogP contribution in [0.1, 0.15) is 40.0 Å². The molecule has 1 amide bonds. The Hall–Kier alpha value is -0.610. The Morgan fingerprint density at radius 2 is 2.12 bits per heavy atom. The van der Waals surface area contributed by atoms with Crippen molar-refractivity contribution in [1.29, 1.82) is 0 Å². The third-order valence-electron chi connectivity index (χ3n) is 3.31. The molecule has 3 N–H and O–H groups in total. The lowest BCUT2D eigenvalue weighted by Gasteiger charge is -2.26. The molecule has 16 heavy (non-hydrogen) atoms. The Morgan fingerprint density at radius 1 is 1.50 bits per heavy atom. The van der Waals surface area contributed by atoms with Crippen molar-refractivity contribution in [2.75, 3.05) is 20.2 Å². The molecule has 0 spiro atoms. The van der Waals surface area contributed by atoms with Crippen molar-refractivity contribution in [2.24, 2.45) is 11.7 Å². The van der Waals surface area contributed by atoms with Gasteiger partial charge < -0.3 is 15.8 Å². The van der Waals surface area contributed by atoms with E-state index in [0.717, 1.165) is 12.8 Å². The molecule has 0 fully saturated rings. The van der Waals surface area contributed by atoms with E-state index in [1.54, 1.807) is 7.11 Å². The first-order valence-corrected chi connectivity index (χ1v) is 6.07. The molecular weight excluding hydrogens is 204 g/mol. The summed E-state index contributed by atoms with van der Waals surface area (Å²) in [5.74, 6) is 0.430. The van der Waals surface area contributed by atoms with Gasteiger partial charge in [0.05, 0.1) is 0 Å². The lowest BCUT2D eigenvalue weighted by atomic mass is 9.99. The fourth-order valence-electron chi connectivity index (χ4n) is 1.51. The van der Waals surface area contributed by atoms with E-state index >= 15 is 0 Å². The second-order valence-electron chi connectivity index (χ2n) is 4.35. The number of hydrogen-bond acceptors (Lipinski definition) is 3. The van der Waals surface area contributed by atoms with Gasteiger partial charge in [-0.05, 0) is 32.2 Å². The van der Waals surface area contributed by atoms with Gasteiger partial charge in [-0.2, -0.15) is 0 Å². The van der Waals surface area contributed by atoms with Crippen LogP contribution in [0.2, 0.25) is 0 Å². The summed E-state index contributed by atoms with van der Waals surface area (Å²) >= 11 is 0. The molecule has 0 aromatic rings. The van der Waals surface area contributed by atoms with E-state index in [4.69, 9.17) is 10.5 Å². The van der Waals surface area contributed by atoms with Crippen LogP contribution in [0, 0.1) is 5.92 Å². The summed E-state index contributed by atoms with van der Waals surface area (Å²) in [4.78, 5) is 11.9. The van der Waals surface area contributed by atoms with Gasteiger partial charge in [0.2, 0.25) is 0 Å². The zero-order valence-corrected chi connectivity index (χ0v) is 11.0. The van der Waals surface area contributed by atoms with E-state index in [0.29, 0.717) is 25.4 Å². The minimum Gasteiger partial charge on any atom is -0.369 e. The molecule has 0 aromatic carbocycles. The molecular formula is C12H26N2O2. The van der Waals surface area contributed by atoms with Crippen LogP contribution < -0.4 is 11.1 Å². The summed E-state index contributed by atoms with van der Waals surface area (Å²) in [6.45, 7) is 7.23. The minimum atomic E-state index is -0.707. The van der Waals surface area contributed by atoms with E-state index in [-0.39, 0.29) is 5.91 Å². The van der Waals surface area contributed by atoms with Gasteiger partial charge >= 0.3 is 0 Å². The fraction of sp³-hybridized carbons (Fsp3) is 0.917. The van der Waals surface area contributed by atoms with Gasteiger partial charge in [-0.3, -0.25) is 4.79 Å². The number of methoxy groups -OCH3 is 1. The predicted molar refractivity (Wildman–Crippen MR) is 66.2 cm³/mol. The van der Waals surface area contributed by atoms with Crippen LogP contribution in [0.5, 0.6) is 0 Å². The summed E-state index contributed by atoms with van der Waals surface area (Å²) in [6, 6.07) is 0. The van der Waals surface area contributed by atoms with Crippen molar-refractivity contribution >= 4 is 5.91 Å². The first kappa shape index (κ1) is 15.4. The summed E-state index contributed by atoms with van der Waals surface area (Å²) < 4.78 is 5.24. The molecule has 96 valence electrons. The molecule has 0 saturated heterocycles. The number of nitrogens with two attached hydrogens (primary N) is 1. The molecule has 4 heteroatoms. The number of amides is 1. The first-order valence-electron chi connectivity index (χ1n) is 6.07. The highest BCUT2D eigenvalue weighted by molar-refractivity contribution is 5.84. The maximum atomic E-state index is 11.9. The number of nitrogens with one attached hydrogen (secondary N) is 1. The normalized spacial score (nSPS) is 16.6. The molecule has 0 aromatic heterocycles. The summed E-state index contributed by atoms with van der Waals surface area (Å²) in [5.41, 5.74) is 4.80. The number of rotatable bonds is 8. The highest BCUT2D eigenvalue weighted by Gasteiger charge is 2.30. The van der Waals surface area contributed by atoms with Crippen LogP contribution in [-0.4, -0.2) is 31.7 Å². The average molecular weight is 230 g/mol.